The summed E-state index contributed by atoms with van der Waals surface area (Å²) >= 11 is 0. The van der Waals surface area contributed by atoms with Gasteiger partial charge in [-0.1, -0.05) is 0 Å². The van der Waals surface area contributed by atoms with E-state index in [9.17, 15) is 18.0 Å². The fourth-order valence-electron chi connectivity index (χ4n) is 2.35. The lowest BCUT2D eigenvalue weighted by Crippen LogP contribution is -2.42. The molecule has 1 amide bonds. The van der Waals surface area contributed by atoms with Crippen LogP contribution >= 0.6 is 0 Å². The first-order valence-corrected chi connectivity index (χ1v) is 7.77. The number of nitrogens with two attached hydrogens (primary N) is 1. The fourth-order valence-corrected chi connectivity index (χ4v) is 3.94. The van der Waals surface area contributed by atoms with Gasteiger partial charge in [0.15, 0.2) is 0 Å². The number of carbonyl (C=O) groups is 2. The number of amides is 1. The molecule has 0 atom stereocenters. The van der Waals surface area contributed by atoms with Crippen molar-refractivity contribution < 1.29 is 23.1 Å². The normalized spacial score (nSPS) is 17.8. The zero-order valence-corrected chi connectivity index (χ0v) is 12.2. The molecule has 1 saturated heterocycles. The molecule has 1 aromatic rings. The summed E-state index contributed by atoms with van der Waals surface area (Å²) in [5.74, 6) is -2.16. The summed E-state index contributed by atoms with van der Waals surface area (Å²) < 4.78 is 26.1. The Morgan fingerprint density at radius 3 is 2.43 bits per heavy atom. The average molecular weight is 316 g/mol. The van der Waals surface area contributed by atoms with Crippen molar-refractivity contribution in [1.82, 2.24) is 14.5 Å². The number of carboxylic acid groups (broad SMARTS) is 1. The molecule has 0 aliphatic carbocycles. The summed E-state index contributed by atoms with van der Waals surface area (Å²) in [4.78, 5) is 22.3. The van der Waals surface area contributed by atoms with Crippen molar-refractivity contribution in [2.45, 2.75) is 24.8 Å². The number of sulfonamides is 1. The molecule has 10 heteroatoms. The number of H-pyrrole nitrogens is 1. The Morgan fingerprint density at radius 1 is 1.38 bits per heavy atom. The van der Waals surface area contributed by atoms with E-state index in [2.05, 4.69) is 10.2 Å². The summed E-state index contributed by atoms with van der Waals surface area (Å²) in [6.45, 7) is 1.66. The third-order valence-electron chi connectivity index (χ3n) is 3.57. The Kier molecular flexibility index (Phi) is 4.01. The van der Waals surface area contributed by atoms with Crippen LogP contribution in [0.5, 0.6) is 0 Å². The first kappa shape index (κ1) is 15.4. The molecule has 1 aliphatic rings. The van der Waals surface area contributed by atoms with Gasteiger partial charge in [-0.05, 0) is 19.8 Å². The summed E-state index contributed by atoms with van der Waals surface area (Å²) in [6.07, 6.45) is 0.640. The van der Waals surface area contributed by atoms with E-state index in [1.165, 1.54) is 6.92 Å². The molecule has 0 spiro atoms. The molecule has 4 N–H and O–H groups in total. The van der Waals surface area contributed by atoms with E-state index in [0.717, 1.165) is 4.31 Å². The lowest BCUT2D eigenvalue weighted by Gasteiger charge is -2.29. The van der Waals surface area contributed by atoms with Crippen LogP contribution in [0.2, 0.25) is 0 Å². The standard InChI is InChI=1S/C11H16N4O5S/c1-6-8(11(17)18)10(14-13-6)21(19,20)15-4-2-7(3-5-15)9(12)16/h7H,2-5H2,1H3,(H2,12,16)(H,13,14)(H,17,18). The number of carboxylic acids is 1. The number of aromatic carboxylic acids is 1. The zero-order chi connectivity index (χ0) is 15.8. The van der Waals surface area contributed by atoms with Crippen LogP contribution in [-0.2, 0) is 14.8 Å². The van der Waals surface area contributed by atoms with Crippen molar-refractivity contribution >= 4 is 21.9 Å². The smallest absolute Gasteiger partial charge is 0.340 e. The van der Waals surface area contributed by atoms with Crippen LogP contribution in [0.4, 0.5) is 0 Å². The number of carbonyl (C=O) groups excluding carboxylic acids is 1. The number of nitrogens with one attached hydrogen (secondary N) is 1. The van der Waals surface area contributed by atoms with Crippen LogP contribution in [0, 0.1) is 12.8 Å². The van der Waals surface area contributed by atoms with Crippen molar-refractivity contribution in [3.8, 4) is 0 Å². The third-order valence-corrected chi connectivity index (χ3v) is 5.40. The number of aryl methyl sites for hydroxylation is 1. The van der Waals surface area contributed by atoms with Crippen molar-refractivity contribution in [2.75, 3.05) is 13.1 Å². The minimum absolute atomic E-state index is 0.112. The summed E-state index contributed by atoms with van der Waals surface area (Å²) in [6, 6.07) is 0. The Morgan fingerprint density at radius 2 is 1.95 bits per heavy atom. The maximum Gasteiger partial charge on any atom is 0.340 e. The quantitative estimate of drug-likeness (QED) is 0.669. The van der Waals surface area contributed by atoms with E-state index in [-0.39, 0.29) is 30.3 Å². The molecule has 2 rings (SSSR count). The summed E-state index contributed by atoms with van der Waals surface area (Å²) in [5.41, 5.74) is 5.02. The minimum Gasteiger partial charge on any atom is -0.478 e. The van der Waals surface area contributed by atoms with Crippen molar-refractivity contribution in [3.63, 3.8) is 0 Å². The predicted molar refractivity (Wildman–Crippen MR) is 71.0 cm³/mol. The zero-order valence-electron chi connectivity index (χ0n) is 11.4. The first-order valence-electron chi connectivity index (χ1n) is 6.33. The molecule has 1 aliphatic heterocycles. The Labute approximate surface area is 121 Å². The molecule has 0 radical (unpaired) electrons. The van der Waals surface area contributed by atoms with Gasteiger partial charge in [-0.3, -0.25) is 9.89 Å². The number of aromatic amines is 1. The number of primary amides is 1. The van der Waals surface area contributed by atoms with Crippen LogP contribution in [0.1, 0.15) is 28.9 Å². The highest BCUT2D eigenvalue weighted by Gasteiger charge is 2.36. The van der Waals surface area contributed by atoms with E-state index < -0.39 is 26.9 Å². The number of aromatic nitrogens is 2. The van der Waals surface area contributed by atoms with Gasteiger partial charge in [-0.25, -0.2) is 13.2 Å². The Balaban J connectivity index is 2.28. The predicted octanol–water partition coefficient (Wildman–Crippen LogP) is -0.698. The molecule has 0 bridgehead atoms. The van der Waals surface area contributed by atoms with Crippen LogP contribution in [0.25, 0.3) is 0 Å². The molecule has 9 nitrogen and oxygen atoms in total. The van der Waals surface area contributed by atoms with Gasteiger partial charge in [-0.2, -0.15) is 9.40 Å². The highest BCUT2D eigenvalue weighted by atomic mass is 32.2. The van der Waals surface area contributed by atoms with Crippen LogP contribution < -0.4 is 5.73 Å². The molecule has 21 heavy (non-hydrogen) atoms. The second kappa shape index (κ2) is 5.45. The summed E-state index contributed by atoms with van der Waals surface area (Å²) in [7, 11) is -4.01. The van der Waals surface area contributed by atoms with Gasteiger partial charge in [0, 0.05) is 24.7 Å². The molecule has 0 unspecified atom stereocenters. The van der Waals surface area contributed by atoms with Gasteiger partial charge in [0.2, 0.25) is 10.9 Å². The number of hydrogen-bond acceptors (Lipinski definition) is 5. The van der Waals surface area contributed by atoms with Gasteiger partial charge in [-0.15, -0.1) is 0 Å². The van der Waals surface area contributed by atoms with Crippen LogP contribution in [0.3, 0.4) is 0 Å². The minimum atomic E-state index is -4.01. The van der Waals surface area contributed by atoms with Crippen LogP contribution in [0.15, 0.2) is 5.03 Å². The largest absolute Gasteiger partial charge is 0.478 e. The number of piperidine rings is 1. The number of nitrogens with zero attached hydrogens (tertiary/aromatic N) is 2. The maximum absolute atomic E-state index is 12.5. The fraction of sp³-hybridized carbons (Fsp3) is 0.545. The van der Waals surface area contributed by atoms with Crippen LogP contribution in [-0.4, -0.2) is 53.0 Å². The number of rotatable bonds is 4. The Bertz CT molecular complexity index is 673. The Hall–Kier alpha value is -1.94. The molecule has 0 saturated carbocycles. The SMILES string of the molecule is Cc1[nH]nc(S(=O)(=O)N2CCC(C(N)=O)CC2)c1C(=O)O. The average Bonchev–Trinajstić information content (AvgIpc) is 2.81. The molecule has 116 valence electrons. The second-order valence-electron chi connectivity index (χ2n) is 4.91. The molecule has 1 fully saturated rings. The van der Waals surface area contributed by atoms with Crippen molar-refractivity contribution in [2.24, 2.45) is 11.7 Å². The maximum atomic E-state index is 12.5. The molecular weight excluding hydrogens is 300 g/mol. The van der Waals surface area contributed by atoms with E-state index in [0.29, 0.717) is 12.8 Å². The molecule has 0 aromatic carbocycles. The lowest BCUT2D eigenvalue weighted by molar-refractivity contribution is -0.122. The van der Waals surface area contributed by atoms with E-state index in [1.807, 2.05) is 0 Å². The molecule has 1 aromatic heterocycles. The van der Waals surface area contributed by atoms with E-state index in [1.54, 1.807) is 0 Å². The van der Waals surface area contributed by atoms with E-state index in [4.69, 9.17) is 10.8 Å². The van der Waals surface area contributed by atoms with E-state index >= 15 is 0 Å². The topological polar surface area (TPSA) is 146 Å². The van der Waals surface area contributed by atoms with Gasteiger partial charge in [0.05, 0.1) is 0 Å². The first-order chi connectivity index (χ1) is 9.75. The monoisotopic (exact) mass is 316 g/mol. The van der Waals surface area contributed by atoms with Crippen molar-refractivity contribution in [1.29, 1.82) is 0 Å². The van der Waals surface area contributed by atoms with Crippen molar-refractivity contribution in [3.05, 3.63) is 11.3 Å². The third kappa shape index (κ3) is 2.76. The highest BCUT2D eigenvalue weighted by molar-refractivity contribution is 7.89. The van der Waals surface area contributed by atoms with Gasteiger partial charge in [0.1, 0.15) is 5.56 Å². The summed E-state index contributed by atoms with van der Waals surface area (Å²) in [5, 5.41) is 14.6. The van der Waals surface area contributed by atoms with Gasteiger partial charge < -0.3 is 10.8 Å². The molecule has 2 heterocycles. The lowest BCUT2D eigenvalue weighted by atomic mass is 9.98. The van der Waals surface area contributed by atoms with Gasteiger partial charge in [0.25, 0.3) is 10.0 Å². The second-order valence-corrected chi connectivity index (χ2v) is 6.77. The van der Waals surface area contributed by atoms with Gasteiger partial charge >= 0.3 is 5.97 Å². The molecular formula is C11H16N4O5S. The highest BCUT2D eigenvalue weighted by Crippen LogP contribution is 2.25. The number of hydrogen-bond donors (Lipinski definition) is 3.